The number of nitriles is 1. The quantitative estimate of drug-likeness (QED) is 0.368. The molecular weight excluding hydrogens is 238 g/mol. The Labute approximate surface area is 102 Å². The molecule has 0 atom stereocenters. The molecule has 7 nitrogen and oxygen atoms in total. The average Bonchev–Trinajstić information content (AvgIpc) is 2.35. The van der Waals surface area contributed by atoms with E-state index in [1.165, 1.54) is 25.3 Å². The zero-order valence-corrected chi connectivity index (χ0v) is 9.41. The lowest BCUT2D eigenvalue weighted by atomic mass is 10.1. The third-order valence-electron chi connectivity index (χ3n) is 2.12. The Morgan fingerprint density at radius 2 is 2.28 bits per heavy atom. The van der Waals surface area contributed by atoms with Gasteiger partial charge in [0.05, 0.1) is 23.7 Å². The number of primary amides is 1. The van der Waals surface area contributed by atoms with Crippen LogP contribution < -0.4 is 10.5 Å². The van der Waals surface area contributed by atoms with Gasteiger partial charge in [0.25, 0.3) is 11.6 Å². The highest BCUT2D eigenvalue weighted by atomic mass is 16.6. The van der Waals surface area contributed by atoms with E-state index < -0.39 is 10.8 Å². The van der Waals surface area contributed by atoms with Crippen LogP contribution in [0.3, 0.4) is 0 Å². The number of nitro benzene ring substituents is 1. The van der Waals surface area contributed by atoms with Crippen LogP contribution in [0.4, 0.5) is 5.69 Å². The van der Waals surface area contributed by atoms with Crippen LogP contribution in [-0.2, 0) is 4.79 Å². The van der Waals surface area contributed by atoms with Crippen molar-refractivity contribution in [1.82, 2.24) is 0 Å². The highest BCUT2D eigenvalue weighted by molar-refractivity contribution is 6.01. The number of nitrogens with two attached hydrogens (primary N) is 1. The van der Waals surface area contributed by atoms with Crippen molar-refractivity contribution in [2.45, 2.75) is 0 Å². The van der Waals surface area contributed by atoms with Crippen LogP contribution >= 0.6 is 0 Å². The van der Waals surface area contributed by atoms with E-state index in [2.05, 4.69) is 0 Å². The molecule has 1 aromatic carbocycles. The van der Waals surface area contributed by atoms with E-state index in [-0.39, 0.29) is 16.8 Å². The molecule has 0 unspecified atom stereocenters. The first-order valence-corrected chi connectivity index (χ1v) is 4.73. The van der Waals surface area contributed by atoms with Crippen LogP contribution in [0.1, 0.15) is 5.56 Å². The lowest BCUT2D eigenvalue weighted by molar-refractivity contribution is -0.385. The SMILES string of the molecule is COc1ccc(C=C(C#N)C(N)=O)c([N+](=O)[O-])c1. The van der Waals surface area contributed by atoms with Gasteiger partial charge in [0, 0.05) is 0 Å². The molecule has 0 aromatic heterocycles. The molecule has 0 aliphatic rings. The number of rotatable bonds is 4. The summed E-state index contributed by atoms with van der Waals surface area (Å²) < 4.78 is 4.86. The summed E-state index contributed by atoms with van der Waals surface area (Å²) in [6.45, 7) is 0. The summed E-state index contributed by atoms with van der Waals surface area (Å²) >= 11 is 0. The standard InChI is InChI=1S/C11H9N3O4/c1-18-9-3-2-7(10(5-9)14(16)17)4-8(6-12)11(13)15/h2-5H,1H3,(H2,13,15). The molecule has 1 amide bonds. The molecule has 0 aliphatic heterocycles. The van der Waals surface area contributed by atoms with Crippen molar-refractivity contribution in [3.05, 3.63) is 39.4 Å². The minimum atomic E-state index is -0.942. The minimum Gasteiger partial charge on any atom is -0.497 e. The maximum absolute atomic E-state index is 10.9. The number of carbonyl (C=O) groups is 1. The largest absolute Gasteiger partial charge is 0.497 e. The number of amides is 1. The number of nitro groups is 1. The molecule has 0 radical (unpaired) electrons. The van der Waals surface area contributed by atoms with E-state index in [0.717, 1.165) is 6.08 Å². The molecular formula is C11H9N3O4. The van der Waals surface area contributed by atoms with E-state index in [4.69, 9.17) is 15.7 Å². The molecule has 2 N–H and O–H groups in total. The fraction of sp³-hybridized carbons (Fsp3) is 0.0909. The first-order valence-electron chi connectivity index (χ1n) is 4.73. The van der Waals surface area contributed by atoms with E-state index >= 15 is 0 Å². The van der Waals surface area contributed by atoms with E-state index in [9.17, 15) is 14.9 Å². The van der Waals surface area contributed by atoms with Gasteiger partial charge in [0.15, 0.2) is 0 Å². The van der Waals surface area contributed by atoms with Crippen LogP contribution in [0.15, 0.2) is 23.8 Å². The van der Waals surface area contributed by atoms with Crippen molar-refractivity contribution < 1.29 is 14.5 Å². The van der Waals surface area contributed by atoms with Gasteiger partial charge in [-0.2, -0.15) is 5.26 Å². The summed E-state index contributed by atoms with van der Waals surface area (Å²) in [7, 11) is 1.37. The number of hydrogen-bond donors (Lipinski definition) is 1. The van der Waals surface area contributed by atoms with Crippen LogP contribution in [0.5, 0.6) is 5.75 Å². The Hall–Kier alpha value is -2.88. The highest BCUT2D eigenvalue weighted by Gasteiger charge is 2.15. The summed E-state index contributed by atoms with van der Waals surface area (Å²) in [4.78, 5) is 21.1. The molecule has 0 spiro atoms. The van der Waals surface area contributed by atoms with Crippen LogP contribution in [0, 0.1) is 21.4 Å². The first-order chi connectivity index (χ1) is 8.49. The zero-order chi connectivity index (χ0) is 13.7. The second-order valence-corrected chi connectivity index (χ2v) is 3.22. The molecule has 1 rings (SSSR count). The van der Waals surface area contributed by atoms with Crippen molar-refractivity contribution >= 4 is 17.7 Å². The molecule has 0 heterocycles. The van der Waals surface area contributed by atoms with Crippen LogP contribution in [-0.4, -0.2) is 17.9 Å². The summed E-state index contributed by atoms with van der Waals surface area (Å²) in [6, 6.07) is 5.63. The summed E-state index contributed by atoms with van der Waals surface area (Å²) in [5.41, 5.74) is 4.43. The highest BCUT2D eigenvalue weighted by Crippen LogP contribution is 2.26. The molecule has 7 heteroatoms. The Morgan fingerprint density at radius 1 is 1.61 bits per heavy atom. The maximum atomic E-state index is 10.9. The fourth-order valence-corrected chi connectivity index (χ4v) is 1.24. The molecule has 0 aliphatic carbocycles. The Kier molecular flexibility index (Phi) is 3.99. The van der Waals surface area contributed by atoms with Gasteiger partial charge in [0.2, 0.25) is 0 Å². The van der Waals surface area contributed by atoms with Crippen molar-refractivity contribution in [3.8, 4) is 11.8 Å². The predicted octanol–water partition coefficient (Wildman–Crippen LogP) is 0.996. The molecule has 0 bridgehead atoms. The summed E-state index contributed by atoms with van der Waals surface area (Å²) in [5, 5.41) is 19.5. The van der Waals surface area contributed by atoms with Crippen molar-refractivity contribution in [3.63, 3.8) is 0 Å². The second-order valence-electron chi connectivity index (χ2n) is 3.22. The van der Waals surface area contributed by atoms with Gasteiger partial charge in [-0.3, -0.25) is 14.9 Å². The monoisotopic (exact) mass is 247 g/mol. The average molecular weight is 247 g/mol. The summed E-state index contributed by atoms with van der Waals surface area (Å²) in [5.74, 6) is -0.640. The third kappa shape index (κ3) is 2.82. The molecule has 92 valence electrons. The smallest absolute Gasteiger partial charge is 0.280 e. The van der Waals surface area contributed by atoms with Crippen molar-refractivity contribution in [2.75, 3.05) is 7.11 Å². The lowest BCUT2D eigenvalue weighted by Gasteiger charge is -2.02. The number of methoxy groups -OCH3 is 1. The maximum Gasteiger partial charge on any atom is 0.280 e. The fourth-order valence-electron chi connectivity index (χ4n) is 1.24. The Bertz CT molecular complexity index is 572. The van der Waals surface area contributed by atoms with Gasteiger partial charge >= 0.3 is 0 Å². The number of ether oxygens (including phenoxy) is 1. The third-order valence-corrected chi connectivity index (χ3v) is 2.12. The Morgan fingerprint density at radius 3 is 2.72 bits per heavy atom. The zero-order valence-electron chi connectivity index (χ0n) is 9.41. The van der Waals surface area contributed by atoms with E-state index in [1.807, 2.05) is 0 Å². The van der Waals surface area contributed by atoms with Gasteiger partial charge in [-0.1, -0.05) is 0 Å². The number of hydrogen-bond acceptors (Lipinski definition) is 5. The van der Waals surface area contributed by atoms with Gasteiger partial charge in [-0.25, -0.2) is 0 Å². The molecule has 1 aromatic rings. The van der Waals surface area contributed by atoms with Crippen molar-refractivity contribution in [1.29, 1.82) is 5.26 Å². The molecule has 0 saturated heterocycles. The minimum absolute atomic E-state index is 0.108. The van der Waals surface area contributed by atoms with E-state index in [1.54, 1.807) is 6.07 Å². The number of benzene rings is 1. The Balaban J connectivity index is 3.37. The van der Waals surface area contributed by atoms with Gasteiger partial charge in [-0.05, 0) is 18.2 Å². The number of nitrogens with zero attached hydrogens (tertiary/aromatic N) is 2. The molecule has 0 saturated carbocycles. The van der Waals surface area contributed by atoms with Gasteiger partial charge in [-0.15, -0.1) is 0 Å². The van der Waals surface area contributed by atoms with Gasteiger partial charge < -0.3 is 10.5 Å². The second kappa shape index (κ2) is 5.45. The van der Waals surface area contributed by atoms with E-state index in [0.29, 0.717) is 5.75 Å². The number of carbonyl (C=O) groups excluding carboxylic acids is 1. The molecule has 0 fully saturated rings. The normalized spacial score (nSPS) is 10.6. The van der Waals surface area contributed by atoms with Crippen LogP contribution in [0.2, 0.25) is 0 Å². The lowest BCUT2D eigenvalue weighted by Crippen LogP contribution is -2.12. The summed E-state index contributed by atoms with van der Waals surface area (Å²) in [6.07, 6.45) is 1.07. The topological polar surface area (TPSA) is 119 Å². The first kappa shape index (κ1) is 13.2. The van der Waals surface area contributed by atoms with Gasteiger partial charge in [0.1, 0.15) is 17.4 Å². The van der Waals surface area contributed by atoms with Crippen molar-refractivity contribution in [2.24, 2.45) is 5.73 Å². The predicted molar refractivity (Wildman–Crippen MR) is 62.4 cm³/mol. The molecule has 18 heavy (non-hydrogen) atoms. The van der Waals surface area contributed by atoms with Crippen LogP contribution in [0.25, 0.3) is 6.08 Å².